The van der Waals surface area contributed by atoms with Crippen LogP contribution in [-0.4, -0.2) is 39.2 Å². The van der Waals surface area contributed by atoms with Gasteiger partial charge in [-0.25, -0.2) is 17.5 Å². The molecule has 10 heteroatoms. The van der Waals surface area contributed by atoms with Crippen LogP contribution in [0.2, 0.25) is 0 Å². The number of fused-ring (bicyclic) bond motifs is 2. The number of hydrogen-bond acceptors (Lipinski definition) is 4. The summed E-state index contributed by atoms with van der Waals surface area (Å²) in [6, 6.07) is 9.55. The van der Waals surface area contributed by atoms with E-state index in [9.17, 15) is 21.6 Å². The van der Waals surface area contributed by atoms with Crippen LogP contribution in [0.5, 0.6) is 5.75 Å². The standard InChI is InChI=1S/C21H22F4N2O3S/c1-31(28,29)27-20-14-8-15(9-14)26-18(20)11-13-5-3-7-17(19(13)22)12-4-2-6-16(10-12)30-21(23,24)25/h2-7,10,14-15,18,20,26-27H,8-9,11H2,1H3/t14?,15?,18-,20-/m0/s1. The second kappa shape index (κ2) is 8.07. The first kappa shape index (κ1) is 22.0. The molecule has 1 saturated carbocycles. The zero-order valence-corrected chi connectivity index (χ0v) is 17.4. The van der Waals surface area contributed by atoms with Crippen molar-refractivity contribution in [2.75, 3.05) is 6.26 Å². The Balaban J connectivity index is 1.59. The summed E-state index contributed by atoms with van der Waals surface area (Å²) in [7, 11) is -3.43. The van der Waals surface area contributed by atoms with E-state index in [1.54, 1.807) is 12.1 Å². The summed E-state index contributed by atoms with van der Waals surface area (Å²) in [5, 5.41) is 3.39. The summed E-state index contributed by atoms with van der Waals surface area (Å²) >= 11 is 0. The van der Waals surface area contributed by atoms with Gasteiger partial charge in [-0.1, -0.05) is 30.3 Å². The summed E-state index contributed by atoms with van der Waals surface area (Å²) in [6.07, 6.45) is -1.74. The van der Waals surface area contributed by atoms with Crippen molar-refractivity contribution in [3.8, 4) is 16.9 Å². The average Bonchev–Trinajstić information content (AvgIpc) is 2.61. The number of benzene rings is 2. The van der Waals surface area contributed by atoms with E-state index in [0.717, 1.165) is 31.2 Å². The number of rotatable bonds is 6. The molecule has 2 saturated heterocycles. The van der Waals surface area contributed by atoms with Crippen molar-refractivity contribution >= 4 is 10.0 Å². The van der Waals surface area contributed by atoms with Gasteiger partial charge in [-0.15, -0.1) is 13.2 Å². The minimum absolute atomic E-state index is 0.152. The van der Waals surface area contributed by atoms with E-state index in [-0.39, 0.29) is 41.6 Å². The van der Waals surface area contributed by atoms with Crippen LogP contribution in [-0.2, 0) is 16.4 Å². The van der Waals surface area contributed by atoms with E-state index >= 15 is 4.39 Å². The first-order valence-electron chi connectivity index (χ1n) is 9.85. The third kappa shape index (κ3) is 5.19. The van der Waals surface area contributed by atoms with Gasteiger partial charge in [0.2, 0.25) is 10.0 Å². The molecule has 2 heterocycles. The molecule has 0 spiro atoms. The van der Waals surface area contributed by atoms with Gasteiger partial charge in [0, 0.05) is 23.7 Å². The fourth-order valence-electron chi connectivity index (χ4n) is 4.50. The Morgan fingerprint density at radius 2 is 1.87 bits per heavy atom. The zero-order chi connectivity index (χ0) is 22.4. The maximum Gasteiger partial charge on any atom is 0.573 e. The Labute approximate surface area is 177 Å². The molecule has 0 radical (unpaired) electrons. The molecule has 3 fully saturated rings. The van der Waals surface area contributed by atoms with Crippen molar-refractivity contribution in [2.45, 2.75) is 43.8 Å². The van der Waals surface area contributed by atoms with Gasteiger partial charge in [-0.2, -0.15) is 0 Å². The number of nitrogens with one attached hydrogen (secondary N) is 2. The van der Waals surface area contributed by atoms with Crippen molar-refractivity contribution in [3.05, 3.63) is 53.8 Å². The largest absolute Gasteiger partial charge is 0.573 e. The first-order chi connectivity index (χ1) is 14.5. The summed E-state index contributed by atoms with van der Waals surface area (Å²) in [5.74, 6) is -0.777. The third-order valence-corrected chi connectivity index (χ3v) is 6.51. The molecule has 5 nitrogen and oxygen atoms in total. The van der Waals surface area contributed by atoms with Gasteiger partial charge in [0.15, 0.2) is 0 Å². The highest BCUT2D eigenvalue weighted by molar-refractivity contribution is 7.88. The zero-order valence-electron chi connectivity index (χ0n) is 16.6. The van der Waals surface area contributed by atoms with E-state index in [4.69, 9.17) is 0 Å². The average molecular weight is 458 g/mol. The molecule has 2 bridgehead atoms. The normalized spacial score (nSPS) is 25.7. The summed E-state index contributed by atoms with van der Waals surface area (Å²) in [4.78, 5) is 0. The van der Waals surface area contributed by atoms with Crippen molar-refractivity contribution in [3.63, 3.8) is 0 Å². The van der Waals surface area contributed by atoms with Gasteiger partial charge >= 0.3 is 6.36 Å². The predicted molar refractivity (Wildman–Crippen MR) is 107 cm³/mol. The molecular formula is C21H22F4N2O3S. The Kier molecular flexibility index (Phi) is 5.74. The second-order valence-corrected chi connectivity index (χ2v) is 9.96. The van der Waals surface area contributed by atoms with Crippen LogP contribution in [0.15, 0.2) is 42.5 Å². The fourth-order valence-corrected chi connectivity index (χ4v) is 5.35. The van der Waals surface area contributed by atoms with Crippen molar-refractivity contribution < 1.29 is 30.7 Å². The Morgan fingerprint density at radius 3 is 2.55 bits per heavy atom. The molecule has 5 rings (SSSR count). The highest BCUT2D eigenvalue weighted by atomic mass is 32.2. The molecule has 2 atom stereocenters. The Hall–Kier alpha value is -2.17. The molecule has 2 aromatic rings. The molecule has 0 unspecified atom stereocenters. The highest BCUT2D eigenvalue weighted by Gasteiger charge is 2.46. The van der Waals surface area contributed by atoms with Crippen LogP contribution in [0.1, 0.15) is 18.4 Å². The lowest BCUT2D eigenvalue weighted by Crippen LogP contribution is -2.67. The highest BCUT2D eigenvalue weighted by Crippen LogP contribution is 2.38. The minimum Gasteiger partial charge on any atom is -0.406 e. The molecule has 0 amide bonds. The molecule has 2 aliphatic heterocycles. The fraction of sp³-hybridized carbons (Fsp3) is 0.429. The maximum absolute atomic E-state index is 15.3. The van der Waals surface area contributed by atoms with Crippen LogP contribution >= 0.6 is 0 Å². The van der Waals surface area contributed by atoms with Crippen LogP contribution in [0.4, 0.5) is 17.6 Å². The number of piperidine rings is 2. The summed E-state index contributed by atoms with van der Waals surface area (Å²) in [6.45, 7) is 0. The lowest BCUT2D eigenvalue weighted by molar-refractivity contribution is -0.274. The van der Waals surface area contributed by atoms with Crippen molar-refractivity contribution in [1.29, 1.82) is 0 Å². The van der Waals surface area contributed by atoms with Gasteiger partial charge in [0.1, 0.15) is 11.6 Å². The quantitative estimate of drug-likeness (QED) is 0.650. The Bertz CT molecular complexity index is 1070. The number of sulfonamides is 1. The van der Waals surface area contributed by atoms with Crippen molar-refractivity contribution in [2.24, 2.45) is 5.92 Å². The lowest BCUT2D eigenvalue weighted by Gasteiger charge is -2.52. The van der Waals surface area contributed by atoms with E-state index in [1.165, 1.54) is 18.2 Å². The summed E-state index contributed by atoms with van der Waals surface area (Å²) in [5.41, 5.74) is 0.767. The third-order valence-electron chi connectivity index (χ3n) is 5.81. The first-order valence-corrected chi connectivity index (χ1v) is 11.7. The molecule has 0 aromatic heterocycles. The molecule has 3 aliphatic rings. The molecule has 2 N–H and O–H groups in total. The molecule has 2 aromatic carbocycles. The SMILES string of the molecule is CS(=O)(=O)N[C@H]1C2CC(C2)N[C@H]1Cc1cccc(-c2cccc(OC(F)(F)F)c2)c1F. The van der Waals surface area contributed by atoms with Gasteiger partial charge in [-0.3, -0.25) is 0 Å². The van der Waals surface area contributed by atoms with Gasteiger partial charge in [0.05, 0.1) is 6.26 Å². The molecule has 31 heavy (non-hydrogen) atoms. The topological polar surface area (TPSA) is 67.4 Å². The van der Waals surface area contributed by atoms with Gasteiger partial charge in [-0.05, 0) is 48.4 Å². The van der Waals surface area contributed by atoms with E-state index in [2.05, 4.69) is 14.8 Å². The van der Waals surface area contributed by atoms with Crippen LogP contribution < -0.4 is 14.8 Å². The minimum atomic E-state index is -4.84. The van der Waals surface area contributed by atoms with Crippen molar-refractivity contribution in [1.82, 2.24) is 10.0 Å². The predicted octanol–water partition coefficient (Wildman–Crippen LogP) is 3.60. The van der Waals surface area contributed by atoms with Gasteiger partial charge < -0.3 is 10.1 Å². The lowest BCUT2D eigenvalue weighted by atomic mass is 9.68. The van der Waals surface area contributed by atoms with E-state index in [0.29, 0.717) is 5.56 Å². The van der Waals surface area contributed by atoms with Crippen LogP contribution in [0.25, 0.3) is 11.1 Å². The summed E-state index contributed by atoms with van der Waals surface area (Å²) < 4.78 is 83.1. The van der Waals surface area contributed by atoms with Crippen LogP contribution in [0.3, 0.4) is 0 Å². The smallest absolute Gasteiger partial charge is 0.406 e. The van der Waals surface area contributed by atoms with Crippen LogP contribution in [0, 0.1) is 11.7 Å². The number of alkyl halides is 3. The molecule has 168 valence electrons. The van der Waals surface area contributed by atoms with E-state index in [1.807, 2.05) is 0 Å². The second-order valence-electron chi connectivity index (χ2n) is 8.18. The number of hydrogen-bond donors (Lipinski definition) is 2. The maximum atomic E-state index is 15.3. The van der Waals surface area contributed by atoms with E-state index < -0.39 is 28.0 Å². The Morgan fingerprint density at radius 1 is 1.16 bits per heavy atom. The monoisotopic (exact) mass is 458 g/mol. The molecular weight excluding hydrogens is 436 g/mol. The number of ether oxygens (including phenoxy) is 1. The molecule has 1 aliphatic carbocycles. The number of halogens is 4. The van der Waals surface area contributed by atoms with Gasteiger partial charge in [0.25, 0.3) is 0 Å².